The maximum Gasteiger partial charge on any atom is 0.328 e. The molecular formula is C14H14FNO4. The van der Waals surface area contributed by atoms with Gasteiger partial charge >= 0.3 is 5.97 Å². The SMILES string of the molecule is O=C(O)C1COCCN1C(=O)C=Cc1ccc(F)cc1. The minimum absolute atomic E-state index is 0.00847. The Balaban J connectivity index is 2.06. The minimum Gasteiger partial charge on any atom is -0.480 e. The molecule has 106 valence electrons. The summed E-state index contributed by atoms with van der Waals surface area (Å²) in [6.07, 6.45) is 2.81. The first kappa shape index (κ1) is 14.2. The van der Waals surface area contributed by atoms with Crippen LogP contribution in [0.15, 0.2) is 30.3 Å². The van der Waals surface area contributed by atoms with Crippen molar-refractivity contribution in [1.29, 1.82) is 0 Å². The molecule has 1 fully saturated rings. The number of nitrogens with zero attached hydrogens (tertiary/aromatic N) is 1. The Hall–Kier alpha value is -2.21. The molecule has 0 bridgehead atoms. The summed E-state index contributed by atoms with van der Waals surface area (Å²) >= 11 is 0. The summed E-state index contributed by atoms with van der Waals surface area (Å²) in [6, 6.07) is 4.69. The second kappa shape index (κ2) is 6.29. The van der Waals surface area contributed by atoms with Gasteiger partial charge in [-0.15, -0.1) is 0 Å². The van der Waals surface area contributed by atoms with Crippen LogP contribution in [0.1, 0.15) is 5.56 Å². The lowest BCUT2D eigenvalue weighted by atomic mass is 10.2. The molecule has 0 spiro atoms. The van der Waals surface area contributed by atoms with E-state index in [1.54, 1.807) is 0 Å². The number of carbonyl (C=O) groups is 2. The van der Waals surface area contributed by atoms with Gasteiger partial charge in [0.25, 0.3) is 0 Å². The van der Waals surface area contributed by atoms with Crippen molar-refractivity contribution in [2.45, 2.75) is 6.04 Å². The topological polar surface area (TPSA) is 66.8 Å². The highest BCUT2D eigenvalue weighted by atomic mass is 19.1. The average molecular weight is 279 g/mol. The number of carbonyl (C=O) groups excluding carboxylic acids is 1. The number of carboxylic acid groups (broad SMARTS) is 1. The number of carboxylic acids is 1. The lowest BCUT2D eigenvalue weighted by Gasteiger charge is -2.31. The number of morpholine rings is 1. The van der Waals surface area contributed by atoms with Crippen LogP contribution in [0, 0.1) is 5.82 Å². The zero-order valence-corrected chi connectivity index (χ0v) is 10.7. The molecule has 6 heteroatoms. The number of ether oxygens (including phenoxy) is 1. The van der Waals surface area contributed by atoms with Gasteiger partial charge in [-0.1, -0.05) is 12.1 Å². The molecule has 1 aliphatic heterocycles. The molecule has 1 aromatic rings. The molecule has 0 radical (unpaired) electrons. The summed E-state index contributed by atoms with van der Waals surface area (Å²) in [5.74, 6) is -1.84. The van der Waals surface area contributed by atoms with Crippen molar-refractivity contribution in [2.24, 2.45) is 0 Å². The fourth-order valence-corrected chi connectivity index (χ4v) is 1.91. The number of amides is 1. The first-order valence-electron chi connectivity index (χ1n) is 6.13. The van der Waals surface area contributed by atoms with E-state index in [1.807, 2.05) is 0 Å². The van der Waals surface area contributed by atoms with Crippen LogP contribution in [0.5, 0.6) is 0 Å². The predicted molar refractivity (Wildman–Crippen MR) is 69.4 cm³/mol. The number of aliphatic carboxylic acids is 1. The summed E-state index contributed by atoms with van der Waals surface area (Å²) in [5.41, 5.74) is 0.667. The van der Waals surface area contributed by atoms with Gasteiger partial charge < -0.3 is 14.7 Å². The zero-order valence-electron chi connectivity index (χ0n) is 10.7. The summed E-state index contributed by atoms with van der Waals surface area (Å²) in [6.45, 7) is 0.551. The van der Waals surface area contributed by atoms with Gasteiger partial charge in [-0.3, -0.25) is 4.79 Å². The molecule has 1 N–H and O–H groups in total. The zero-order chi connectivity index (χ0) is 14.5. The summed E-state index contributed by atoms with van der Waals surface area (Å²) < 4.78 is 17.8. The number of hydrogen-bond acceptors (Lipinski definition) is 3. The monoisotopic (exact) mass is 279 g/mol. The number of benzene rings is 1. The molecule has 1 saturated heterocycles. The Morgan fingerprint density at radius 3 is 2.70 bits per heavy atom. The Labute approximate surface area is 115 Å². The highest BCUT2D eigenvalue weighted by molar-refractivity contribution is 5.94. The Morgan fingerprint density at radius 2 is 2.05 bits per heavy atom. The summed E-state index contributed by atoms with van der Waals surface area (Å²) in [4.78, 5) is 24.3. The first-order valence-corrected chi connectivity index (χ1v) is 6.13. The van der Waals surface area contributed by atoms with Crippen LogP contribution >= 0.6 is 0 Å². The van der Waals surface area contributed by atoms with E-state index in [2.05, 4.69) is 0 Å². The highest BCUT2D eigenvalue weighted by Gasteiger charge is 2.31. The predicted octanol–water partition coefficient (Wildman–Crippen LogP) is 1.15. The van der Waals surface area contributed by atoms with Gasteiger partial charge in [0.05, 0.1) is 13.2 Å². The van der Waals surface area contributed by atoms with Crippen molar-refractivity contribution in [2.75, 3.05) is 19.8 Å². The normalized spacial score (nSPS) is 19.2. The molecule has 5 nitrogen and oxygen atoms in total. The van der Waals surface area contributed by atoms with E-state index in [4.69, 9.17) is 9.84 Å². The van der Waals surface area contributed by atoms with Crippen LogP contribution in [-0.2, 0) is 14.3 Å². The quantitative estimate of drug-likeness (QED) is 0.843. The first-order chi connectivity index (χ1) is 9.58. The highest BCUT2D eigenvalue weighted by Crippen LogP contribution is 2.10. The molecule has 1 aromatic carbocycles. The van der Waals surface area contributed by atoms with E-state index in [0.717, 1.165) is 0 Å². The number of hydrogen-bond donors (Lipinski definition) is 1. The Bertz CT molecular complexity index is 526. The largest absolute Gasteiger partial charge is 0.480 e. The van der Waals surface area contributed by atoms with Crippen LogP contribution in [0.2, 0.25) is 0 Å². The van der Waals surface area contributed by atoms with Gasteiger partial charge in [-0.25, -0.2) is 9.18 Å². The van der Waals surface area contributed by atoms with Crippen molar-refractivity contribution in [3.63, 3.8) is 0 Å². The van der Waals surface area contributed by atoms with Crippen molar-refractivity contribution in [3.05, 3.63) is 41.7 Å². The van der Waals surface area contributed by atoms with Crippen LogP contribution in [-0.4, -0.2) is 47.7 Å². The molecule has 1 heterocycles. The molecule has 2 rings (SSSR count). The number of rotatable bonds is 3. The van der Waals surface area contributed by atoms with Crippen molar-refractivity contribution in [1.82, 2.24) is 4.90 Å². The van der Waals surface area contributed by atoms with Gasteiger partial charge in [-0.05, 0) is 23.8 Å². The van der Waals surface area contributed by atoms with Crippen LogP contribution in [0.25, 0.3) is 6.08 Å². The lowest BCUT2D eigenvalue weighted by Crippen LogP contribution is -2.52. The van der Waals surface area contributed by atoms with E-state index in [9.17, 15) is 14.0 Å². The summed E-state index contributed by atoms with van der Waals surface area (Å²) in [5, 5.41) is 9.03. The Morgan fingerprint density at radius 1 is 1.35 bits per heavy atom. The average Bonchev–Trinajstić information content (AvgIpc) is 2.46. The second-order valence-electron chi connectivity index (χ2n) is 4.35. The van der Waals surface area contributed by atoms with E-state index in [-0.39, 0.29) is 19.0 Å². The van der Waals surface area contributed by atoms with Gasteiger partial charge in [-0.2, -0.15) is 0 Å². The minimum atomic E-state index is -1.09. The van der Waals surface area contributed by atoms with Gasteiger partial charge in [0.1, 0.15) is 5.82 Å². The molecule has 1 aliphatic rings. The molecule has 20 heavy (non-hydrogen) atoms. The maximum absolute atomic E-state index is 12.7. The van der Waals surface area contributed by atoms with E-state index in [0.29, 0.717) is 12.2 Å². The third-order valence-corrected chi connectivity index (χ3v) is 2.98. The molecule has 1 amide bonds. The van der Waals surface area contributed by atoms with Crippen LogP contribution < -0.4 is 0 Å². The number of halogens is 1. The van der Waals surface area contributed by atoms with E-state index < -0.39 is 17.9 Å². The fourth-order valence-electron chi connectivity index (χ4n) is 1.91. The maximum atomic E-state index is 12.7. The van der Waals surface area contributed by atoms with Crippen molar-refractivity contribution in [3.8, 4) is 0 Å². The van der Waals surface area contributed by atoms with E-state index >= 15 is 0 Å². The second-order valence-corrected chi connectivity index (χ2v) is 4.35. The standard InChI is InChI=1S/C14H14FNO4/c15-11-4-1-10(2-5-11)3-6-13(17)16-7-8-20-9-12(16)14(18)19/h1-6,12H,7-9H2,(H,18,19). The van der Waals surface area contributed by atoms with Crippen molar-refractivity contribution < 1.29 is 23.8 Å². The van der Waals surface area contributed by atoms with Crippen LogP contribution in [0.4, 0.5) is 4.39 Å². The summed E-state index contributed by atoms with van der Waals surface area (Å²) in [7, 11) is 0. The third kappa shape index (κ3) is 3.42. The molecule has 1 atom stereocenters. The smallest absolute Gasteiger partial charge is 0.328 e. The molecule has 0 aromatic heterocycles. The van der Waals surface area contributed by atoms with Crippen LogP contribution in [0.3, 0.4) is 0 Å². The lowest BCUT2D eigenvalue weighted by molar-refractivity contribution is -0.156. The van der Waals surface area contributed by atoms with Crippen molar-refractivity contribution >= 4 is 18.0 Å². The molecule has 0 saturated carbocycles. The van der Waals surface area contributed by atoms with Gasteiger partial charge in [0, 0.05) is 12.6 Å². The van der Waals surface area contributed by atoms with Gasteiger partial charge in [0.2, 0.25) is 5.91 Å². The molecular weight excluding hydrogens is 265 g/mol. The van der Waals surface area contributed by atoms with Gasteiger partial charge in [0.15, 0.2) is 6.04 Å². The fraction of sp³-hybridized carbons (Fsp3) is 0.286. The molecule has 1 unspecified atom stereocenters. The Kier molecular flexibility index (Phi) is 4.47. The van der Waals surface area contributed by atoms with E-state index in [1.165, 1.54) is 41.3 Å². The molecule has 0 aliphatic carbocycles. The third-order valence-electron chi connectivity index (χ3n) is 2.98.